The van der Waals surface area contributed by atoms with Crippen LogP contribution in [0.2, 0.25) is 0 Å². The highest BCUT2D eigenvalue weighted by Crippen LogP contribution is 2.32. The SMILES string of the molecule is Cc1cccc(N2C(=O)C[C@H](N3CCc4c([nH]c5ccccc45)C3)C2=O)c1. The average Bonchev–Trinajstić information content (AvgIpc) is 3.18. The number of aryl methyl sites for hydroxylation is 1. The van der Waals surface area contributed by atoms with Gasteiger partial charge in [-0.15, -0.1) is 0 Å². The minimum atomic E-state index is -0.377. The largest absolute Gasteiger partial charge is 0.357 e. The summed E-state index contributed by atoms with van der Waals surface area (Å²) in [5.41, 5.74) is 5.36. The number of carbonyl (C=O) groups excluding carboxylic acids is 2. The Balaban J connectivity index is 1.43. The summed E-state index contributed by atoms with van der Waals surface area (Å²) in [7, 11) is 0. The molecule has 1 N–H and O–H groups in total. The van der Waals surface area contributed by atoms with Gasteiger partial charge in [-0.25, -0.2) is 4.90 Å². The van der Waals surface area contributed by atoms with Crippen LogP contribution in [0.25, 0.3) is 10.9 Å². The van der Waals surface area contributed by atoms with E-state index in [0.29, 0.717) is 12.2 Å². The van der Waals surface area contributed by atoms with Crippen molar-refractivity contribution in [1.29, 1.82) is 0 Å². The Bertz CT molecular complexity index is 1070. The van der Waals surface area contributed by atoms with Crippen LogP contribution in [-0.2, 0) is 22.6 Å². The summed E-state index contributed by atoms with van der Waals surface area (Å²) >= 11 is 0. The van der Waals surface area contributed by atoms with Gasteiger partial charge in [0.25, 0.3) is 5.91 Å². The first-order chi connectivity index (χ1) is 13.1. The Morgan fingerprint density at radius 2 is 1.93 bits per heavy atom. The number of imide groups is 1. The molecule has 27 heavy (non-hydrogen) atoms. The average molecular weight is 359 g/mol. The predicted octanol–water partition coefficient (Wildman–Crippen LogP) is 3.17. The summed E-state index contributed by atoms with van der Waals surface area (Å²) in [6.45, 7) is 3.43. The maximum atomic E-state index is 13.1. The number of nitrogens with one attached hydrogen (secondary N) is 1. The number of anilines is 1. The number of aromatic nitrogens is 1. The molecule has 1 saturated heterocycles. The van der Waals surface area contributed by atoms with Crippen molar-refractivity contribution in [3.05, 3.63) is 65.4 Å². The fourth-order valence-corrected chi connectivity index (χ4v) is 4.42. The lowest BCUT2D eigenvalue weighted by Gasteiger charge is -2.30. The maximum absolute atomic E-state index is 13.1. The first-order valence-corrected chi connectivity index (χ1v) is 9.38. The zero-order chi connectivity index (χ0) is 18.5. The number of benzene rings is 2. The van der Waals surface area contributed by atoms with Crippen molar-refractivity contribution in [1.82, 2.24) is 9.88 Å². The Morgan fingerprint density at radius 3 is 2.78 bits per heavy atom. The Hall–Kier alpha value is -2.92. The Morgan fingerprint density at radius 1 is 1.07 bits per heavy atom. The second-order valence-electron chi connectivity index (χ2n) is 7.47. The van der Waals surface area contributed by atoms with E-state index in [1.54, 1.807) is 0 Å². The molecule has 0 bridgehead atoms. The molecule has 1 fully saturated rings. The highest BCUT2D eigenvalue weighted by atomic mass is 16.2. The number of nitrogens with zero attached hydrogens (tertiary/aromatic N) is 2. The molecule has 2 amide bonds. The Labute approximate surface area is 157 Å². The normalized spacial score (nSPS) is 20.5. The fourth-order valence-electron chi connectivity index (χ4n) is 4.42. The van der Waals surface area contributed by atoms with Gasteiger partial charge in [0.15, 0.2) is 0 Å². The number of rotatable bonds is 2. The zero-order valence-electron chi connectivity index (χ0n) is 15.2. The highest BCUT2D eigenvalue weighted by molar-refractivity contribution is 6.22. The molecule has 2 aliphatic rings. The standard InChI is InChI=1S/C22H21N3O2/c1-14-5-4-6-15(11-14)25-21(26)12-20(22(25)27)24-10-9-17-16-7-2-3-8-18(16)23-19(17)13-24/h2-8,11,20,23H,9-10,12-13H2,1H3/t20-/m0/s1. The number of fused-ring (bicyclic) bond motifs is 3. The summed E-state index contributed by atoms with van der Waals surface area (Å²) in [5, 5.41) is 1.27. The fraction of sp³-hybridized carbons (Fsp3) is 0.273. The number of hydrogen-bond donors (Lipinski definition) is 1. The van der Waals surface area contributed by atoms with Crippen molar-refractivity contribution in [3.63, 3.8) is 0 Å². The summed E-state index contributed by atoms with van der Waals surface area (Å²) in [6.07, 6.45) is 1.14. The third kappa shape index (κ3) is 2.58. The van der Waals surface area contributed by atoms with Crippen LogP contribution in [0.5, 0.6) is 0 Å². The first-order valence-electron chi connectivity index (χ1n) is 9.38. The van der Waals surface area contributed by atoms with Crippen LogP contribution < -0.4 is 4.90 Å². The molecular weight excluding hydrogens is 338 g/mol. The van der Waals surface area contributed by atoms with Crippen molar-refractivity contribution in [2.24, 2.45) is 0 Å². The van der Waals surface area contributed by atoms with Crippen LogP contribution in [0.4, 0.5) is 5.69 Å². The minimum absolute atomic E-state index is 0.106. The molecule has 5 nitrogen and oxygen atoms in total. The highest BCUT2D eigenvalue weighted by Gasteiger charge is 2.43. The lowest BCUT2D eigenvalue weighted by atomic mass is 10.0. The molecule has 5 heteroatoms. The van der Waals surface area contributed by atoms with E-state index in [1.807, 2.05) is 37.3 Å². The molecule has 0 aliphatic carbocycles. The molecule has 1 aromatic heterocycles. The number of hydrogen-bond acceptors (Lipinski definition) is 3. The molecule has 0 spiro atoms. The van der Waals surface area contributed by atoms with Crippen molar-refractivity contribution in [2.45, 2.75) is 32.4 Å². The van der Waals surface area contributed by atoms with Gasteiger partial charge >= 0.3 is 0 Å². The summed E-state index contributed by atoms with van der Waals surface area (Å²) in [5.74, 6) is -0.219. The third-order valence-electron chi connectivity index (χ3n) is 5.74. The Kier molecular flexibility index (Phi) is 3.65. The zero-order valence-corrected chi connectivity index (χ0v) is 15.2. The van der Waals surface area contributed by atoms with E-state index < -0.39 is 0 Å². The van der Waals surface area contributed by atoms with E-state index in [9.17, 15) is 9.59 Å². The van der Waals surface area contributed by atoms with Gasteiger partial charge in [-0.3, -0.25) is 14.5 Å². The van der Waals surface area contributed by atoms with Crippen LogP contribution in [-0.4, -0.2) is 34.3 Å². The number of amides is 2. The molecule has 0 saturated carbocycles. The monoisotopic (exact) mass is 359 g/mol. The summed E-state index contributed by atoms with van der Waals surface area (Å²) < 4.78 is 0. The third-order valence-corrected chi connectivity index (χ3v) is 5.74. The molecule has 136 valence electrons. The molecule has 5 rings (SSSR count). The van der Waals surface area contributed by atoms with Gasteiger partial charge in [-0.1, -0.05) is 30.3 Å². The second kappa shape index (κ2) is 6.06. The quantitative estimate of drug-likeness (QED) is 0.715. The van der Waals surface area contributed by atoms with E-state index in [1.165, 1.54) is 15.8 Å². The van der Waals surface area contributed by atoms with Gasteiger partial charge < -0.3 is 4.98 Å². The van der Waals surface area contributed by atoms with Crippen LogP contribution in [0.3, 0.4) is 0 Å². The van der Waals surface area contributed by atoms with E-state index in [0.717, 1.165) is 29.7 Å². The predicted molar refractivity (Wildman–Crippen MR) is 104 cm³/mol. The van der Waals surface area contributed by atoms with Crippen LogP contribution in [0.1, 0.15) is 23.2 Å². The summed E-state index contributed by atoms with van der Waals surface area (Å²) in [4.78, 5) is 32.7. The van der Waals surface area contributed by atoms with E-state index in [-0.39, 0.29) is 24.3 Å². The number of aromatic amines is 1. The topological polar surface area (TPSA) is 56.4 Å². The second-order valence-corrected chi connectivity index (χ2v) is 7.47. The maximum Gasteiger partial charge on any atom is 0.251 e. The minimum Gasteiger partial charge on any atom is -0.357 e. The van der Waals surface area contributed by atoms with Gasteiger partial charge in [-0.05, 0) is 42.7 Å². The van der Waals surface area contributed by atoms with E-state index in [4.69, 9.17) is 0 Å². The molecule has 3 aromatic rings. The van der Waals surface area contributed by atoms with Crippen LogP contribution in [0.15, 0.2) is 48.5 Å². The molecule has 0 unspecified atom stereocenters. The molecule has 1 atom stereocenters. The van der Waals surface area contributed by atoms with Gasteiger partial charge in [-0.2, -0.15) is 0 Å². The first kappa shape index (κ1) is 16.3. The van der Waals surface area contributed by atoms with Crippen molar-refractivity contribution < 1.29 is 9.59 Å². The van der Waals surface area contributed by atoms with E-state index >= 15 is 0 Å². The van der Waals surface area contributed by atoms with Crippen LogP contribution >= 0.6 is 0 Å². The van der Waals surface area contributed by atoms with Gasteiger partial charge in [0, 0.05) is 29.7 Å². The van der Waals surface area contributed by atoms with Gasteiger partial charge in [0.2, 0.25) is 5.91 Å². The molecule has 2 aromatic carbocycles. The van der Waals surface area contributed by atoms with Crippen molar-refractivity contribution in [2.75, 3.05) is 11.4 Å². The molecule has 3 heterocycles. The lowest BCUT2D eigenvalue weighted by Crippen LogP contribution is -2.44. The number of para-hydroxylation sites is 1. The van der Waals surface area contributed by atoms with Crippen molar-refractivity contribution in [3.8, 4) is 0 Å². The van der Waals surface area contributed by atoms with Gasteiger partial charge in [0.1, 0.15) is 0 Å². The lowest BCUT2D eigenvalue weighted by molar-refractivity contribution is -0.123. The van der Waals surface area contributed by atoms with E-state index in [2.05, 4.69) is 28.1 Å². The van der Waals surface area contributed by atoms with Gasteiger partial charge in [0.05, 0.1) is 18.2 Å². The molecule has 2 aliphatic heterocycles. The molecule has 0 radical (unpaired) electrons. The summed E-state index contributed by atoms with van der Waals surface area (Å²) in [6, 6.07) is 15.5. The number of H-pyrrole nitrogens is 1. The number of carbonyl (C=O) groups is 2. The molecular formula is C22H21N3O2. The smallest absolute Gasteiger partial charge is 0.251 e. The van der Waals surface area contributed by atoms with Crippen LogP contribution in [0, 0.1) is 6.92 Å². The van der Waals surface area contributed by atoms with Crippen molar-refractivity contribution >= 4 is 28.4 Å².